The largest absolute Gasteiger partial charge is 0.352 e. The molecule has 1 aromatic rings. The molecule has 2 atom stereocenters. The summed E-state index contributed by atoms with van der Waals surface area (Å²) in [4.78, 5) is 12.2. The number of carbonyl (C=O) groups excluding carboxylic acids is 1. The van der Waals surface area contributed by atoms with Crippen LogP contribution in [-0.4, -0.2) is 17.3 Å². The third kappa shape index (κ3) is 3.29. The van der Waals surface area contributed by atoms with E-state index < -0.39 is 28.9 Å². The van der Waals surface area contributed by atoms with Crippen molar-refractivity contribution in [3.8, 4) is 0 Å². The maximum absolute atomic E-state index is 13.4. The van der Waals surface area contributed by atoms with Crippen LogP contribution in [0, 0.1) is 23.4 Å². The minimum atomic E-state index is -1.62. The molecule has 0 aliphatic heterocycles. The second-order valence-electron chi connectivity index (χ2n) is 4.71. The van der Waals surface area contributed by atoms with Crippen LogP contribution in [0.4, 0.5) is 13.2 Å². The van der Waals surface area contributed by atoms with E-state index in [0.29, 0.717) is 17.3 Å². The Kier molecular flexibility index (Phi) is 4.50. The number of nitrogens with one attached hydrogen (secondary N) is 1. The zero-order valence-electron chi connectivity index (χ0n) is 10.1. The fraction of sp³-hybridized carbons (Fsp3) is 0.462. The summed E-state index contributed by atoms with van der Waals surface area (Å²) in [6.07, 6.45) is 2.97. The molecule has 1 N–H and O–H groups in total. The smallest absolute Gasteiger partial charge is 0.254 e. The first-order valence-electron chi connectivity index (χ1n) is 6.04. The number of hydrogen-bond donors (Lipinski definition) is 1. The van der Waals surface area contributed by atoms with Crippen molar-refractivity contribution >= 4 is 21.8 Å². The highest BCUT2D eigenvalue weighted by Gasteiger charge is 2.24. The fourth-order valence-electron chi connectivity index (χ4n) is 2.23. The van der Waals surface area contributed by atoms with E-state index in [4.69, 9.17) is 0 Å². The van der Waals surface area contributed by atoms with Crippen molar-refractivity contribution in [2.75, 3.05) is 6.54 Å². The van der Waals surface area contributed by atoms with E-state index in [1.165, 1.54) is 0 Å². The first-order chi connectivity index (χ1) is 8.99. The molecule has 0 heterocycles. The molecule has 1 saturated carbocycles. The SMILES string of the molecule is O=C(NCC1CCC(Br)C1)c1ccc(F)c(F)c1F. The zero-order chi connectivity index (χ0) is 14.0. The van der Waals surface area contributed by atoms with Gasteiger partial charge in [0.05, 0.1) is 5.56 Å². The Morgan fingerprint density at radius 2 is 2.00 bits per heavy atom. The van der Waals surface area contributed by atoms with Gasteiger partial charge in [-0.05, 0) is 37.3 Å². The molecule has 1 fully saturated rings. The second-order valence-corrected chi connectivity index (χ2v) is 6.00. The molecule has 0 radical (unpaired) electrons. The van der Waals surface area contributed by atoms with Crippen molar-refractivity contribution in [2.24, 2.45) is 5.92 Å². The Morgan fingerprint density at radius 1 is 1.26 bits per heavy atom. The molecular weight excluding hydrogens is 323 g/mol. The first-order valence-corrected chi connectivity index (χ1v) is 6.96. The van der Waals surface area contributed by atoms with E-state index in [-0.39, 0.29) is 0 Å². The van der Waals surface area contributed by atoms with Crippen LogP contribution in [0.1, 0.15) is 29.6 Å². The van der Waals surface area contributed by atoms with Crippen LogP contribution in [0.2, 0.25) is 0 Å². The lowest BCUT2D eigenvalue weighted by Crippen LogP contribution is -2.29. The van der Waals surface area contributed by atoms with Crippen LogP contribution < -0.4 is 5.32 Å². The van der Waals surface area contributed by atoms with Crippen molar-refractivity contribution in [3.05, 3.63) is 35.1 Å². The van der Waals surface area contributed by atoms with Gasteiger partial charge in [0.15, 0.2) is 17.5 Å². The van der Waals surface area contributed by atoms with Gasteiger partial charge >= 0.3 is 0 Å². The third-order valence-electron chi connectivity index (χ3n) is 3.31. The van der Waals surface area contributed by atoms with Crippen LogP contribution in [0.5, 0.6) is 0 Å². The van der Waals surface area contributed by atoms with E-state index in [2.05, 4.69) is 21.2 Å². The molecule has 1 aliphatic carbocycles. The van der Waals surface area contributed by atoms with Gasteiger partial charge in [0.2, 0.25) is 0 Å². The number of carbonyl (C=O) groups is 1. The highest BCUT2D eigenvalue weighted by Crippen LogP contribution is 2.30. The van der Waals surface area contributed by atoms with Crippen molar-refractivity contribution in [3.63, 3.8) is 0 Å². The van der Waals surface area contributed by atoms with Crippen LogP contribution in [0.3, 0.4) is 0 Å². The number of hydrogen-bond acceptors (Lipinski definition) is 1. The van der Waals surface area contributed by atoms with Gasteiger partial charge in [-0.3, -0.25) is 4.79 Å². The van der Waals surface area contributed by atoms with Gasteiger partial charge in [0.1, 0.15) is 0 Å². The summed E-state index contributed by atoms with van der Waals surface area (Å²) in [6.45, 7) is 0.416. The van der Waals surface area contributed by atoms with E-state index in [9.17, 15) is 18.0 Å². The summed E-state index contributed by atoms with van der Waals surface area (Å²) < 4.78 is 39.1. The molecule has 6 heteroatoms. The van der Waals surface area contributed by atoms with E-state index in [1.54, 1.807) is 0 Å². The predicted molar refractivity (Wildman–Crippen MR) is 68.7 cm³/mol. The van der Waals surface area contributed by atoms with Crippen molar-refractivity contribution in [1.82, 2.24) is 5.32 Å². The number of alkyl halides is 1. The second kappa shape index (κ2) is 5.94. The topological polar surface area (TPSA) is 29.1 Å². The summed E-state index contributed by atoms with van der Waals surface area (Å²) in [5.41, 5.74) is -0.465. The molecule has 1 aliphatic rings. The number of benzene rings is 1. The third-order valence-corrected chi connectivity index (χ3v) is 4.14. The number of halogens is 4. The Bertz CT molecular complexity index is 495. The molecule has 0 aromatic heterocycles. The Hall–Kier alpha value is -1.04. The molecule has 19 heavy (non-hydrogen) atoms. The minimum Gasteiger partial charge on any atom is -0.352 e. The average Bonchev–Trinajstić information content (AvgIpc) is 2.79. The predicted octanol–water partition coefficient (Wildman–Crippen LogP) is 3.40. The summed E-state index contributed by atoms with van der Waals surface area (Å²) in [7, 11) is 0. The molecule has 2 rings (SSSR count). The first kappa shape index (κ1) is 14.4. The van der Waals surface area contributed by atoms with Crippen molar-refractivity contribution < 1.29 is 18.0 Å². The van der Waals surface area contributed by atoms with Gasteiger partial charge < -0.3 is 5.32 Å². The summed E-state index contributed by atoms with van der Waals surface area (Å²) in [5, 5.41) is 2.56. The zero-order valence-corrected chi connectivity index (χ0v) is 11.6. The quantitative estimate of drug-likeness (QED) is 0.665. The molecule has 104 valence electrons. The maximum atomic E-state index is 13.4. The molecule has 0 bridgehead atoms. The summed E-state index contributed by atoms with van der Waals surface area (Å²) >= 11 is 3.50. The Labute approximate surface area is 117 Å². The van der Waals surface area contributed by atoms with E-state index >= 15 is 0 Å². The molecule has 1 amide bonds. The summed E-state index contributed by atoms with van der Waals surface area (Å²) in [6, 6.07) is 1.70. The molecule has 2 unspecified atom stereocenters. The van der Waals surface area contributed by atoms with Crippen LogP contribution in [-0.2, 0) is 0 Å². The van der Waals surface area contributed by atoms with Gasteiger partial charge in [-0.25, -0.2) is 13.2 Å². The van der Waals surface area contributed by atoms with Crippen LogP contribution in [0.25, 0.3) is 0 Å². The Balaban J connectivity index is 1.98. The fourth-order valence-corrected chi connectivity index (χ4v) is 3.03. The Morgan fingerprint density at radius 3 is 2.63 bits per heavy atom. The standard InChI is InChI=1S/C13H13BrF3NO/c14-8-2-1-7(5-8)6-18-13(19)9-3-4-10(15)12(17)11(9)16/h3-4,7-8H,1-2,5-6H2,(H,18,19). The molecule has 1 aromatic carbocycles. The normalized spacial score (nSPS) is 22.5. The summed E-state index contributed by atoms with van der Waals surface area (Å²) in [5.74, 6) is -4.74. The molecular formula is C13H13BrF3NO. The maximum Gasteiger partial charge on any atom is 0.254 e. The van der Waals surface area contributed by atoms with Gasteiger partial charge in [-0.2, -0.15) is 0 Å². The van der Waals surface area contributed by atoms with E-state index in [0.717, 1.165) is 31.4 Å². The van der Waals surface area contributed by atoms with Crippen LogP contribution in [0.15, 0.2) is 12.1 Å². The molecule has 0 saturated heterocycles. The van der Waals surface area contributed by atoms with Gasteiger partial charge in [-0.15, -0.1) is 0 Å². The van der Waals surface area contributed by atoms with Gasteiger partial charge in [-0.1, -0.05) is 15.9 Å². The van der Waals surface area contributed by atoms with E-state index in [1.807, 2.05) is 0 Å². The number of amides is 1. The van der Waals surface area contributed by atoms with Gasteiger partial charge in [0.25, 0.3) is 5.91 Å². The lowest BCUT2D eigenvalue weighted by Gasteiger charge is -2.11. The minimum absolute atomic E-state index is 0.335. The monoisotopic (exact) mass is 335 g/mol. The molecule has 2 nitrogen and oxygen atoms in total. The lowest BCUT2D eigenvalue weighted by molar-refractivity contribution is 0.0942. The van der Waals surface area contributed by atoms with Crippen LogP contribution >= 0.6 is 15.9 Å². The van der Waals surface area contributed by atoms with Crippen molar-refractivity contribution in [2.45, 2.75) is 24.1 Å². The lowest BCUT2D eigenvalue weighted by atomic mass is 10.1. The number of rotatable bonds is 3. The average molecular weight is 336 g/mol. The highest BCUT2D eigenvalue weighted by atomic mass is 79.9. The highest BCUT2D eigenvalue weighted by molar-refractivity contribution is 9.09. The van der Waals surface area contributed by atoms with Gasteiger partial charge in [0, 0.05) is 11.4 Å². The van der Waals surface area contributed by atoms with Crippen molar-refractivity contribution in [1.29, 1.82) is 0 Å². The molecule has 0 spiro atoms.